The van der Waals surface area contributed by atoms with Crippen LogP contribution in [0.3, 0.4) is 0 Å². The number of benzene rings is 8. The van der Waals surface area contributed by atoms with Crippen LogP contribution in [0.1, 0.15) is 0 Å². The first-order valence-electron chi connectivity index (χ1n) is 17.9. The smallest absolute Gasteiger partial charge is 0.184 e. The summed E-state index contributed by atoms with van der Waals surface area (Å²) in [4.78, 5) is 2.48. The summed E-state index contributed by atoms with van der Waals surface area (Å²) in [7, 11) is -2.65. The van der Waals surface area contributed by atoms with Crippen molar-refractivity contribution in [3.63, 3.8) is 0 Å². The van der Waals surface area contributed by atoms with Crippen LogP contribution in [0.25, 0.3) is 47.7 Å². The number of hydrogen-bond acceptors (Lipinski definition) is 2. The normalized spacial score (nSPS) is 13.5. The molecule has 1 aliphatic rings. The number of para-hydroxylation sites is 3. The number of rotatable bonds is 4. The van der Waals surface area contributed by atoms with Crippen molar-refractivity contribution >= 4 is 99.2 Å². The Morgan fingerprint density at radius 2 is 0.904 bits per heavy atom. The largest absolute Gasteiger partial charge is 0.311 e. The van der Waals surface area contributed by atoms with Gasteiger partial charge in [-0.1, -0.05) is 133 Å². The fraction of sp³-hybridized carbons (Fsp3) is 0. The summed E-state index contributed by atoms with van der Waals surface area (Å²) < 4.78 is 5.10. The lowest BCUT2D eigenvalue weighted by molar-refractivity contribution is 1.18. The van der Waals surface area contributed by atoms with Gasteiger partial charge in [-0.05, 0) is 81.4 Å². The average molecular weight is 697 g/mol. The maximum Gasteiger partial charge on any atom is 0.184 e. The summed E-state index contributed by atoms with van der Waals surface area (Å²) in [6, 6.07) is 72.3. The van der Waals surface area contributed by atoms with Crippen LogP contribution < -0.4 is 25.6 Å². The number of aromatic nitrogens is 1. The molecule has 2 nitrogen and oxygen atoms in total. The minimum Gasteiger partial charge on any atom is -0.311 e. The summed E-state index contributed by atoms with van der Waals surface area (Å²) in [5.74, 6) is 0. The molecule has 0 amide bonds. The molecule has 0 aliphatic carbocycles. The Hall–Kier alpha value is -6.20. The van der Waals surface area contributed by atoms with Gasteiger partial charge < -0.3 is 9.47 Å². The molecular formula is C48H32N2SSi. The average Bonchev–Trinajstić information content (AvgIpc) is 3.74. The summed E-state index contributed by atoms with van der Waals surface area (Å²) in [6.07, 6.45) is 0. The van der Waals surface area contributed by atoms with Crippen LogP contribution in [0.4, 0.5) is 17.1 Å². The van der Waals surface area contributed by atoms with Crippen molar-refractivity contribution in [1.82, 2.24) is 4.57 Å². The van der Waals surface area contributed by atoms with Crippen molar-refractivity contribution in [1.29, 1.82) is 0 Å². The SMILES string of the molecule is c1ccc([Si]2(c3ccccc3)c3ccccc3N(c3ccc(-n4c5ccccc5c5cc6c(cc54)sc4ccccc46)cc3)c3ccccc32)cc1. The van der Waals surface area contributed by atoms with E-state index in [1.807, 2.05) is 11.3 Å². The van der Waals surface area contributed by atoms with Gasteiger partial charge in [-0.15, -0.1) is 11.3 Å². The van der Waals surface area contributed by atoms with Gasteiger partial charge in [0.05, 0.1) is 11.0 Å². The van der Waals surface area contributed by atoms with Crippen LogP contribution in [0, 0.1) is 0 Å². The molecule has 0 saturated heterocycles. The molecule has 0 bridgehead atoms. The van der Waals surface area contributed by atoms with Gasteiger partial charge in [0.1, 0.15) is 0 Å². The third-order valence-electron chi connectivity index (χ3n) is 11.0. The van der Waals surface area contributed by atoms with E-state index in [-0.39, 0.29) is 0 Å². The van der Waals surface area contributed by atoms with E-state index in [4.69, 9.17) is 0 Å². The molecule has 0 fully saturated rings. The lowest BCUT2D eigenvalue weighted by atomic mass is 10.1. The lowest BCUT2D eigenvalue weighted by Gasteiger charge is -2.45. The maximum absolute atomic E-state index is 2.65. The van der Waals surface area contributed by atoms with Crippen LogP contribution in [-0.4, -0.2) is 12.6 Å². The molecule has 3 heterocycles. The van der Waals surface area contributed by atoms with Crippen molar-refractivity contribution in [2.24, 2.45) is 0 Å². The highest BCUT2D eigenvalue weighted by molar-refractivity contribution is 7.26. The van der Waals surface area contributed by atoms with Crippen LogP contribution in [0.2, 0.25) is 0 Å². The Labute approximate surface area is 307 Å². The highest BCUT2D eigenvalue weighted by Crippen LogP contribution is 2.42. The molecule has 52 heavy (non-hydrogen) atoms. The van der Waals surface area contributed by atoms with Gasteiger partial charge in [-0.2, -0.15) is 0 Å². The molecule has 8 aromatic carbocycles. The van der Waals surface area contributed by atoms with Crippen molar-refractivity contribution in [3.8, 4) is 5.69 Å². The number of thiophene rings is 1. The first-order chi connectivity index (χ1) is 25.8. The van der Waals surface area contributed by atoms with Crippen molar-refractivity contribution in [3.05, 3.63) is 194 Å². The summed E-state index contributed by atoms with van der Waals surface area (Å²) in [6.45, 7) is 0. The van der Waals surface area contributed by atoms with Gasteiger partial charge in [0, 0.05) is 53.7 Å². The second kappa shape index (κ2) is 11.4. The number of nitrogens with zero attached hydrogens (tertiary/aromatic N) is 2. The Morgan fingerprint density at radius 1 is 0.365 bits per heavy atom. The Balaban J connectivity index is 1.11. The standard InChI is InChI=1S/C48H32N2SSi/c1-3-15-35(16-4-1)52(36-17-5-2-6-18-36)47-25-13-10-22-42(47)50(43-23-11-14-26-48(43)52)34-29-27-33(28-30-34)49-41-21-9-7-19-37(41)39-31-40-38-20-8-12-24-45(38)51-46(40)32-44(39)49/h1-32H. The van der Waals surface area contributed by atoms with E-state index < -0.39 is 8.07 Å². The van der Waals surface area contributed by atoms with E-state index in [2.05, 4.69) is 204 Å². The maximum atomic E-state index is 2.48. The minimum atomic E-state index is -2.65. The van der Waals surface area contributed by atoms with Crippen LogP contribution >= 0.6 is 11.3 Å². The van der Waals surface area contributed by atoms with E-state index in [0.717, 1.165) is 11.4 Å². The second-order valence-corrected chi connectivity index (χ2v) is 18.5. The summed E-state index contributed by atoms with van der Waals surface area (Å²) >= 11 is 1.88. The third-order valence-corrected chi connectivity index (χ3v) is 17.0. The highest BCUT2D eigenvalue weighted by atomic mass is 32.1. The van der Waals surface area contributed by atoms with Gasteiger partial charge >= 0.3 is 0 Å². The second-order valence-electron chi connectivity index (χ2n) is 13.7. The van der Waals surface area contributed by atoms with Crippen LogP contribution in [0.15, 0.2) is 194 Å². The molecule has 4 heteroatoms. The Bertz CT molecular complexity index is 2870. The molecule has 244 valence electrons. The quantitative estimate of drug-likeness (QED) is 0.166. The molecular weight excluding hydrogens is 665 g/mol. The molecule has 0 atom stereocenters. The topological polar surface area (TPSA) is 8.17 Å². The van der Waals surface area contributed by atoms with Gasteiger partial charge in [-0.25, -0.2) is 0 Å². The molecule has 10 aromatic rings. The highest BCUT2D eigenvalue weighted by Gasteiger charge is 2.48. The number of anilines is 3. The van der Waals surface area contributed by atoms with Gasteiger partial charge in [0.25, 0.3) is 0 Å². The zero-order valence-corrected chi connectivity index (χ0v) is 30.1. The van der Waals surface area contributed by atoms with Crippen molar-refractivity contribution < 1.29 is 0 Å². The van der Waals surface area contributed by atoms with Crippen molar-refractivity contribution in [2.75, 3.05) is 4.90 Å². The third kappa shape index (κ3) is 4.10. The fourth-order valence-electron chi connectivity index (χ4n) is 8.91. The van der Waals surface area contributed by atoms with E-state index in [0.29, 0.717) is 0 Å². The monoisotopic (exact) mass is 696 g/mol. The zero-order valence-electron chi connectivity index (χ0n) is 28.3. The molecule has 1 aliphatic heterocycles. The van der Waals surface area contributed by atoms with Gasteiger partial charge in [-0.3, -0.25) is 0 Å². The number of fused-ring (bicyclic) bond motifs is 8. The first-order valence-corrected chi connectivity index (χ1v) is 20.7. The summed E-state index contributed by atoms with van der Waals surface area (Å²) in [5.41, 5.74) is 7.27. The fourth-order valence-corrected chi connectivity index (χ4v) is 15.1. The Morgan fingerprint density at radius 3 is 1.58 bits per heavy atom. The first kappa shape index (κ1) is 29.5. The molecule has 2 aromatic heterocycles. The van der Waals surface area contributed by atoms with E-state index in [1.165, 1.54) is 74.1 Å². The lowest BCUT2D eigenvalue weighted by Crippen LogP contribution is -2.77. The van der Waals surface area contributed by atoms with Crippen molar-refractivity contribution in [2.45, 2.75) is 0 Å². The van der Waals surface area contributed by atoms with E-state index in [1.54, 1.807) is 0 Å². The van der Waals surface area contributed by atoms with Gasteiger partial charge in [0.15, 0.2) is 8.07 Å². The predicted molar refractivity (Wildman–Crippen MR) is 226 cm³/mol. The molecule has 0 radical (unpaired) electrons. The minimum absolute atomic E-state index is 1.15. The molecule has 0 N–H and O–H groups in total. The zero-order chi connectivity index (χ0) is 34.2. The van der Waals surface area contributed by atoms with E-state index in [9.17, 15) is 0 Å². The predicted octanol–water partition coefficient (Wildman–Crippen LogP) is 10.3. The summed E-state index contributed by atoms with van der Waals surface area (Å²) in [5, 5.41) is 10.8. The van der Waals surface area contributed by atoms with Crippen LogP contribution in [-0.2, 0) is 0 Å². The molecule has 0 spiro atoms. The van der Waals surface area contributed by atoms with Gasteiger partial charge in [0.2, 0.25) is 0 Å². The Kier molecular flexibility index (Phi) is 6.47. The van der Waals surface area contributed by atoms with E-state index >= 15 is 0 Å². The number of hydrogen-bond donors (Lipinski definition) is 0. The van der Waals surface area contributed by atoms with Crippen LogP contribution in [0.5, 0.6) is 0 Å². The molecule has 0 saturated carbocycles. The molecule has 11 rings (SSSR count). The molecule has 0 unspecified atom stereocenters.